The quantitative estimate of drug-likeness (QED) is 0.548. The van der Waals surface area contributed by atoms with Gasteiger partial charge in [-0.2, -0.15) is 0 Å². The molecule has 0 saturated heterocycles. The van der Waals surface area contributed by atoms with Gasteiger partial charge in [0, 0.05) is 6.20 Å². The SMILES string of the molecule is Cc1cn(-c2ccccn2)nc1[N+](=O)[O-]. The molecule has 0 radical (unpaired) electrons. The highest BCUT2D eigenvalue weighted by molar-refractivity contribution is 5.32. The van der Waals surface area contributed by atoms with Crippen molar-refractivity contribution in [2.24, 2.45) is 0 Å². The van der Waals surface area contributed by atoms with Gasteiger partial charge < -0.3 is 10.1 Å². The maximum absolute atomic E-state index is 10.6. The van der Waals surface area contributed by atoms with Gasteiger partial charge in [0.05, 0.1) is 16.9 Å². The van der Waals surface area contributed by atoms with Crippen LogP contribution in [-0.4, -0.2) is 19.7 Å². The van der Waals surface area contributed by atoms with E-state index >= 15 is 0 Å². The minimum atomic E-state index is -0.505. The number of nitrogens with zero attached hydrogens (tertiary/aromatic N) is 4. The Hall–Kier alpha value is -2.24. The van der Waals surface area contributed by atoms with E-state index in [9.17, 15) is 10.1 Å². The van der Waals surface area contributed by atoms with Crippen molar-refractivity contribution in [1.29, 1.82) is 0 Å². The Kier molecular flexibility index (Phi) is 2.17. The van der Waals surface area contributed by atoms with Crippen LogP contribution in [0.5, 0.6) is 0 Å². The highest BCUT2D eigenvalue weighted by Gasteiger charge is 2.17. The van der Waals surface area contributed by atoms with E-state index in [1.54, 1.807) is 37.5 Å². The molecule has 0 aliphatic heterocycles. The van der Waals surface area contributed by atoms with E-state index in [1.807, 2.05) is 0 Å². The molecule has 6 nitrogen and oxygen atoms in total. The van der Waals surface area contributed by atoms with Crippen molar-refractivity contribution in [2.45, 2.75) is 6.92 Å². The third kappa shape index (κ3) is 1.69. The standard InChI is InChI=1S/C9H8N4O2/c1-7-6-12(11-9(7)13(14)15)8-4-2-3-5-10-8/h2-6H,1H3. The molecule has 15 heavy (non-hydrogen) atoms. The summed E-state index contributed by atoms with van der Waals surface area (Å²) in [6, 6.07) is 5.30. The first-order valence-electron chi connectivity index (χ1n) is 4.30. The molecule has 0 N–H and O–H groups in total. The van der Waals surface area contributed by atoms with E-state index in [2.05, 4.69) is 10.1 Å². The van der Waals surface area contributed by atoms with E-state index in [0.717, 1.165) is 0 Å². The first kappa shape index (κ1) is 9.32. The molecule has 6 heteroatoms. The second-order valence-corrected chi connectivity index (χ2v) is 3.03. The maximum atomic E-state index is 10.6. The predicted octanol–water partition coefficient (Wildman–Crippen LogP) is 1.48. The summed E-state index contributed by atoms with van der Waals surface area (Å²) in [5.41, 5.74) is 0.519. The highest BCUT2D eigenvalue weighted by Crippen LogP contribution is 2.15. The van der Waals surface area contributed by atoms with Crippen molar-refractivity contribution in [3.63, 3.8) is 0 Å². The van der Waals surface area contributed by atoms with E-state index in [4.69, 9.17) is 0 Å². The van der Waals surface area contributed by atoms with Crippen molar-refractivity contribution in [2.75, 3.05) is 0 Å². The zero-order chi connectivity index (χ0) is 10.8. The Morgan fingerprint density at radius 1 is 1.47 bits per heavy atom. The number of rotatable bonds is 2. The van der Waals surface area contributed by atoms with Crippen molar-refractivity contribution < 1.29 is 4.92 Å². The summed E-state index contributed by atoms with van der Waals surface area (Å²) in [5.74, 6) is 0.425. The number of aromatic nitrogens is 3. The van der Waals surface area contributed by atoms with Gasteiger partial charge in [0.25, 0.3) is 0 Å². The van der Waals surface area contributed by atoms with E-state index < -0.39 is 4.92 Å². The van der Waals surface area contributed by atoms with Crippen molar-refractivity contribution >= 4 is 5.82 Å². The van der Waals surface area contributed by atoms with Gasteiger partial charge in [0.1, 0.15) is 0 Å². The molecule has 76 valence electrons. The first-order chi connectivity index (χ1) is 7.18. The second-order valence-electron chi connectivity index (χ2n) is 3.03. The van der Waals surface area contributed by atoms with Crippen LogP contribution in [0.4, 0.5) is 5.82 Å². The number of pyridine rings is 1. The number of nitro groups is 1. The average Bonchev–Trinajstić information content (AvgIpc) is 2.62. The topological polar surface area (TPSA) is 73.8 Å². The van der Waals surface area contributed by atoms with Gasteiger partial charge in [-0.25, -0.2) is 4.98 Å². The van der Waals surface area contributed by atoms with Crippen molar-refractivity contribution in [3.8, 4) is 5.82 Å². The fourth-order valence-electron chi connectivity index (χ4n) is 1.24. The molecule has 0 aliphatic rings. The Morgan fingerprint density at radius 3 is 2.80 bits per heavy atom. The first-order valence-corrected chi connectivity index (χ1v) is 4.30. The van der Waals surface area contributed by atoms with Crippen LogP contribution in [-0.2, 0) is 0 Å². The fraction of sp³-hybridized carbons (Fsp3) is 0.111. The second kappa shape index (κ2) is 3.49. The molecule has 0 unspecified atom stereocenters. The van der Waals surface area contributed by atoms with Crippen LogP contribution in [0.2, 0.25) is 0 Å². The number of aryl methyl sites for hydroxylation is 1. The molecule has 2 rings (SSSR count). The molecule has 2 aromatic rings. The Morgan fingerprint density at radius 2 is 2.27 bits per heavy atom. The average molecular weight is 204 g/mol. The molecule has 0 spiro atoms. The lowest BCUT2D eigenvalue weighted by Gasteiger charge is -1.92. The van der Waals surface area contributed by atoms with Crippen molar-refractivity contribution in [3.05, 3.63) is 46.3 Å². The van der Waals surface area contributed by atoms with Gasteiger partial charge in [0.15, 0.2) is 5.82 Å². The van der Waals surface area contributed by atoms with Crippen LogP contribution in [0.1, 0.15) is 5.56 Å². The van der Waals surface area contributed by atoms with Crippen LogP contribution < -0.4 is 0 Å². The minimum Gasteiger partial charge on any atom is -0.358 e. The van der Waals surface area contributed by atoms with Crippen LogP contribution >= 0.6 is 0 Å². The predicted molar refractivity (Wildman–Crippen MR) is 52.8 cm³/mol. The third-order valence-corrected chi connectivity index (χ3v) is 1.93. The van der Waals surface area contributed by atoms with Gasteiger partial charge in [-0.1, -0.05) is 6.07 Å². The van der Waals surface area contributed by atoms with Crippen LogP contribution in [0, 0.1) is 17.0 Å². The normalized spacial score (nSPS) is 10.2. The van der Waals surface area contributed by atoms with Crippen LogP contribution in [0.3, 0.4) is 0 Å². The molecular weight excluding hydrogens is 196 g/mol. The molecule has 2 aromatic heterocycles. The Bertz CT molecular complexity index is 492. The zero-order valence-corrected chi connectivity index (χ0v) is 7.99. The van der Waals surface area contributed by atoms with Crippen molar-refractivity contribution in [1.82, 2.24) is 14.8 Å². The summed E-state index contributed by atoms with van der Waals surface area (Å²) >= 11 is 0. The van der Waals surface area contributed by atoms with E-state index in [-0.39, 0.29) is 5.82 Å². The van der Waals surface area contributed by atoms with Crippen LogP contribution in [0.15, 0.2) is 30.6 Å². The number of hydrogen-bond acceptors (Lipinski definition) is 4. The summed E-state index contributed by atoms with van der Waals surface area (Å²) in [6.07, 6.45) is 3.19. The Labute approximate surface area is 85.3 Å². The highest BCUT2D eigenvalue weighted by atomic mass is 16.6. The maximum Gasteiger partial charge on any atom is 0.393 e. The van der Waals surface area contributed by atoms with E-state index in [1.165, 1.54) is 4.68 Å². The molecule has 0 aromatic carbocycles. The molecule has 2 heterocycles. The molecular formula is C9H8N4O2. The van der Waals surface area contributed by atoms with Gasteiger partial charge >= 0.3 is 5.82 Å². The monoisotopic (exact) mass is 204 g/mol. The summed E-state index contributed by atoms with van der Waals surface area (Å²) in [6.45, 7) is 1.64. The van der Waals surface area contributed by atoms with E-state index in [0.29, 0.717) is 11.4 Å². The largest absolute Gasteiger partial charge is 0.393 e. The lowest BCUT2D eigenvalue weighted by molar-refractivity contribution is -0.390. The van der Waals surface area contributed by atoms with Crippen LogP contribution in [0.25, 0.3) is 5.82 Å². The van der Waals surface area contributed by atoms with Gasteiger partial charge in [0.2, 0.25) is 0 Å². The molecule has 0 atom stereocenters. The summed E-state index contributed by atoms with van der Waals surface area (Å²) in [4.78, 5) is 14.1. The molecule has 0 fully saturated rings. The minimum absolute atomic E-state index is 0.138. The summed E-state index contributed by atoms with van der Waals surface area (Å²) in [7, 11) is 0. The Balaban J connectivity index is 2.48. The smallest absolute Gasteiger partial charge is 0.358 e. The molecule has 0 amide bonds. The summed E-state index contributed by atoms with van der Waals surface area (Å²) < 4.78 is 1.40. The lowest BCUT2D eigenvalue weighted by atomic mass is 10.4. The molecule has 0 saturated carbocycles. The van der Waals surface area contributed by atoms with Gasteiger partial charge in [-0.05, 0) is 24.0 Å². The van der Waals surface area contributed by atoms with Gasteiger partial charge in [-0.15, -0.1) is 4.68 Å². The van der Waals surface area contributed by atoms with Gasteiger partial charge in [-0.3, -0.25) is 0 Å². The fourth-order valence-corrected chi connectivity index (χ4v) is 1.24. The zero-order valence-electron chi connectivity index (χ0n) is 7.99. The third-order valence-electron chi connectivity index (χ3n) is 1.93. The summed E-state index contributed by atoms with van der Waals surface area (Å²) in [5, 5.41) is 14.4. The number of hydrogen-bond donors (Lipinski definition) is 0. The molecule has 0 bridgehead atoms. The molecule has 0 aliphatic carbocycles. The lowest BCUT2D eigenvalue weighted by Crippen LogP contribution is -1.98.